The maximum absolute atomic E-state index is 13.2. The van der Waals surface area contributed by atoms with Crippen LogP contribution in [-0.4, -0.2) is 27.5 Å². The van der Waals surface area contributed by atoms with Crippen molar-refractivity contribution >= 4 is 10.9 Å². The maximum atomic E-state index is 13.2. The summed E-state index contributed by atoms with van der Waals surface area (Å²) >= 11 is 0. The van der Waals surface area contributed by atoms with E-state index in [9.17, 15) is 4.79 Å². The number of benzene rings is 1. The molecule has 6 rings (SSSR count). The van der Waals surface area contributed by atoms with Crippen LogP contribution in [0.1, 0.15) is 49.3 Å². The second kappa shape index (κ2) is 5.59. The van der Waals surface area contributed by atoms with Crippen molar-refractivity contribution < 1.29 is 0 Å². The topological polar surface area (TPSA) is 41.0 Å². The van der Waals surface area contributed by atoms with Gasteiger partial charge in [-0.25, -0.2) is 0 Å². The van der Waals surface area contributed by atoms with Crippen LogP contribution in [0.15, 0.2) is 47.4 Å². The number of hydrogen-bond donors (Lipinski definition) is 1. The number of hydrogen-bond acceptors (Lipinski definition) is 2. The van der Waals surface area contributed by atoms with Crippen molar-refractivity contribution in [1.82, 2.24) is 14.5 Å². The SMILES string of the molecule is O=c1c2[nH]c(CN3CCC4(CC4)C3)cc2c(C2CC2)cn1-c1ccccc1. The van der Waals surface area contributed by atoms with Crippen LogP contribution in [-0.2, 0) is 6.54 Å². The molecule has 0 amide bonds. The summed E-state index contributed by atoms with van der Waals surface area (Å²) in [5, 5.41) is 1.14. The van der Waals surface area contributed by atoms with Gasteiger partial charge < -0.3 is 4.98 Å². The summed E-state index contributed by atoms with van der Waals surface area (Å²) in [5.41, 5.74) is 4.94. The molecule has 1 aromatic carbocycles. The van der Waals surface area contributed by atoms with E-state index in [1.807, 2.05) is 34.9 Å². The summed E-state index contributed by atoms with van der Waals surface area (Å²) in [6.07, 6.45) is 8.72. The highest BCUT2D eigenvalue weighted by Crippen LogP contribution is 2.52. The minimum absolute atomic E-state index is 0.0620. The third kappa shape index (κ3) is 2.66. The van der Waals surface area contributed by atoms with Gasteiger partial charge in [-0.05, 0) is 73.7 Å². The molecule has 3 aromatic rings. The number of para-hydroxylation sites is 1. The van der Waals surface area contributed by atoms with E-state index in [0.29, 0.717) is 11.3 Å². The van der Waals surface area contributed by atoms with E-state index in [2.05, 4.69) is 22.1 Å². The summed E-state index contributed by atoms with van der Waals surface area (Å²) in [6.45, 7) is 3.36. The fourth-order valence-corrected chi connectivity index (χ4v) is 4.87. The van der Waals surface area contributed by atoms with Crippen LogP contribution in [0.5, 0.6) is 0 Å². The third-order valence-corrected chi connectivity index (χ3v) is 6.81. The molecule has 4 heteroatoms. The van der Waals surface area contributed by atoms with Gasteiger partial charge in [0.2, 0.25) is 0 Å². The van der Waals surface area contributed by atoms with E-state index in [4.69, 9.17) is 0 Å². The highest BCUT2D eigenvalue weighted by atomic mass is 16.1. The van der Waals surface area contributed by atoms with Crippen LogP contribution in [0.3, 0.4) is 0 Å². The smallest absolute Gasteiger partial charge is 0.279 e. The van der Waals surface area contributed by atoms with Gasteiger partial charge in [0, 0.05) is 36.1 Å². The van der Waals surface area contributed by atoms with Gasteiger partial charge in [0.05, 0.1) is 0 Å². The summed E-state index contributed by atoms with van der Waals surface area (Å²) in [7, 11) is 0. The predicted molar refractivity (Wildman–Crippen MR) is 107 cm³/mol. The molecule has 1 N–H and O–H groups in total. The zero-order valence-electron chi connectivity index (χ0n) is 15.6. The fourth-order valence-electron chi connectivity index (χ4n) is 4.87. The van der Waals surface area contributed by atoms with Crippen molar-refractivity contribution in [3.05, 3.63) is 64.2 Å². The zero-order chi connectivity index (χ0) is 18.0. The maximum Gasteiger partial charge on any atom is 0.279 e. The Balaban J connectivity index is 1.43. The van der Waals surface area contributed by atoms with Crippen molar-refractivity contribution in [1.29, 1.82) is 0 Å². The summed E-state index contributed by atoms with van der Waals surface area (Å²) in [5.74, 6) is 0.605. The van der Waals surface area contributed by atoms with Crippen LogP contribution in [0.25, 0.3) is 16.6 Å². The largest absolute Gasteiger partial charge is 0.353 e. The lowest BCUT2D eigenvalue weighted by Crippen LogP contribution is -2.21. The summed E-state index contributed by atoms with van der Waals surface area (Å²) in [6, 6.07) is 12.2. The van der Waals surface area contributed by atoms with Gasteiger partial charge in [-0.3, -0.25) is 14.3 Å². The van der Waals surface area contributed by atoms with Gasteiger partial charge >= 0.3 is 0 Å². The van der Waals surface area contributed by atoms with Crippen molar-refractivity contribution in [2.75, 3.05) is 13.1 Å². The summed E-state index contributed by atoms with van der Waals surface area (Å²) < 4.78 is 1.82. The first-order valence-electron chi connectivity index (χ1n) is 10.3. The number of nitrogens with zero attached hydrogens (tertiary/aromatic N) is 2. The molecule has 0 radical (unpaired) electrons. The molecule has 2 aromatic heterocycles. The number of likely N-dealkylation sites (tertiary alicyclic amines) is 1. The highest BCUT2D eigenvalue weighted by molar-refractivity contribution is 5.84. The molecule has 138 valence electrons. The Bertz CT molecular complexity index is 1070. The van der Waals surface area contributed by atoms with Crippen molar-refractivity contribution in [2.24, 2.45) is 5.41 Å². The zero-order valence-corrected chi connectivity index (χ0v) is 15.6. The van der Waals surface area contributed by atoms with Gasteiger partial charge in [-0.1, -0.05) is 18.2 Å². The Morgan fingerprint density at radius 1 is 1.11 bits per heavy atom. The second-order valence-corrected chi connectivity index (χ2v) is 8.91. The minimum Gasteiger partial charge on any atom is -0.353 e. The lowest BCUT2D eigenvalue weighted by molar-refractivity contribution is 0.309. The van der Waals surface area contributed by atoms with E-state index in [0.717, 1.165) is 23.1 Å². The first-order valence-corrected chi connectivity index (χ1v) is 10.3. The van der Waals surface area contributed by atoms with Crippen LogP contribution >= 0.6 is 0 Å². The molecule has 2 saturated carbocycles. The van der Waals surface area contributed by atoms with E-state index < -0.39 is 0 Å². The number of nitrogens with one attached hydrogen (secondary N) is 1. The number of rotatable bonds is 4. The molecule has 0 unspecified atom stereocenters. The van der Waals surface area contributed by atoms with Gasteiger partial charge in [0.25, 0.3) is 5.56 Å². The van der Waals surface area contributed by atoms with Gasteiger partial charge in [0.1, 0.15) is 5.52 Å². The highest BCUT2D eigenvalue weighted by Gasteiger charge is 2.47. The molecule has 0 bridgehead atoms. The molecule has 3 heterocycles. The Kier molecular flexibility index (Phi) is 3.25. The van der Waals surface area contributed by atoms with Crippen molar-refractivity contribution in [3.63, 3.8) is 0 Å². The lowest BCUT2D eigenvalue weighted by atomic mass is 10.1. The Hall–Kier alpha value is -2.33. The monoisotopic (exact) mass is 359 g/mol. The van der Waals surface area contributed by atoms with Crippen molar-refractivity contribution in [3.8, 4) is 5.69 Å². The Labute approximate surface area is 158 Å². The second-order valence-electron chi connectivity index (χ2n) is 8.91. The molecule has 27 heavy (non-hydrogen) atoms. The molecule has 3 aliphatic rings. The average Bonchev–Trinajstić information content (AvgIpc) is 3.57. The number of H-pyrrole nitrogens is 1. The minimum atomic E-state index is 0.0620. The predicted octanol–water partition coefficient (Wildman–Crippen LogP) is 4.18. The van der Waals surface area contributed by atoms with E-state index in [-0.39, 0.29) is 5.56 Å². The first-order chi connectivity index (χ1) is 13.2. The number of pyridine rings is 1. The molecule has 4 nitrogen and oxygen atoms in total. The molecular weight excluding hydrogens is 334 g/mol. The molecule has 3 fully saturated rings. The number of aromatic nitrogens is 2. The van der Waals surface area contributed by atoms with Gasteiger partial charge in [-0.2, -0.15) is 0 Å². The molecule has 1 saturated heterocycles. The quantitative estimate of drug-likeness (QED) is 0.759. The van der Waals surface area contributed by atoms with Crippen LogP contribution < -0.4 is 5.56 Å². The fraction of sp³-hybridized carbons (Fsp3) is 0.435. The van der Waals surface area contributed by atoms with Crippen LogP contribution in [0, 0.1) is 5.41 Å². The van der Waals surface area contributed by atoms with Gasteiger partial charge in [-0.15, -0.1) is 0 Å². The van der Waals surface area contributed by atoms with E-state index >= 15 is 0 Å². The van der Waals surface area contributed by atoms with Crippen molar-refractivity contribution in [2.45, 2.75) is 44.6 Å². The third-order valence-electron chi connectivity index (χ3n) is 6.81. The molecular formula is C23H25N3O. The standard InChI is InChI=1S/C23H25N3O/c27-22-21-19(12-17(24-21)13-25-11-10-23(15-25)8-9-23)20(16-6-7-16)14-26(22)18-4-2-1-3-5-18/h1-5,12,14,16,24H,6-11,13,15H2. The van der Waals surface area contributed by atoms with Crippen LogP contribution in [0.2, 0.25) is 0 Å². The summed E-state index contributed by atoms with van der Waals surface area (Å²) in [4.78, 5) is 19.3. The average molecular weight is 359 g/mol. The molecule has 1 spiro atoms. The van der Waals surface area contributed by atoms with Gasteiger partial charge in [0.15, 0.2) is 0 Å². The normalized spacial score (nSPS) is 21.3. The van der Waals surface area contributed by atoms with E-state index in [1.54, 1.807) is 0 Å². The Morgan fingerprint density at radius 2 is 1.93 bits per heavy atom. The number of fused-ring (bicyclic) bond motifs is 1. The van der Waals surface area contributed by atoms with Crippen LogP contribution in [0.4, 0.5) is 0 Å². The molecule has 0 atom stereocenters. The lowest BCUT2D eigenvalue weighted by Gasteiger charge is -2.14. The molecule has 2 aliphatic carbocycles. The first kappa shape index (κ1) is 15.7. The van der Waals surface area contributed by atoms with E-state index in [1.165, 1.54) is 56.5 Å². The Morgan fingerprint density at radius 3 is 2.63 bits per heavy atom. The molecule has 1 aliphatic heterocycles. The number of aromatic amines is 1.